The van der Waals surface area contributed by atoms with Crippen LogP contribution >= 0.6 is 23.2 Å². The molecule has 0 N–H and O–H groups in total. The van der Waals surface area contributed by atoms with Crippen LogP contribution in [0.5, 0.6) is 5.75 Å². The average Bonchev–Trinajstić information content (AvgIpc) is 2.67. The fourth-order valence-electron chi connectivity index (χ4n) is 2.49. The van der Waals surface area contributed by atoms with E-state index in [4.69, 9.17) is 27.9 Å². The molecular formula is C21H23Cl2NO3. The highest BCUT2D eigenvalue weighted by Crippen LogP contribution is 2.16. The van der Waals surface area contributed by atoms with Crippen LogP contribution in [0.2, 0.25) is 10.0 Å². The van der Waals surface area contributed by atoms with E-state index < -0.39 is 0 Å². The zero-order chi connectivity index (χ0) is 19.6. The Balaban J connectivity index is 1.61. The van der Waals surface area contributed by atoms with Gasteiger partial charge in [-0.3, -0.25) is 9.59 Å². The van der Waals surface area contributed by atoms with Gasteiger partial charge in [0.2, 0.25) is 5.91 Å². The molecule has 0 fully saturated rings. The van der Waals surface area contributed by atoms with Crippen molar-refractivity contribution in [2.75, 3.05) is 20.2 Å². The van der Waals surface area contributed by atoms with Gasteiger partial charge in [0.05, 0.1) is 6.61 Å². The predicted molar refractivity (Wildman–Crippen MR) is 109 cm³/mol. The molecule has 0 aliphatic heterocycles. The Labute approximate surface area is 170 Å². The van der Waals surface area contributed by atoms with Crippen molar-refractivity contribution in [3.63, 3.8) is 0 Å². The van der Waals surface area contributed by atoms with Crippen molar-refractivity contribution in [1.29, 1.82) is 0 Å². The molecule has 2 aromatic rings. The molecule has 0 bridgehead atoms. The molecule has 0 aliphatic carbocycles. The molecule has 0 aromatic heterocycles. The number of hydrogen-bond donors (Lipinski definition) is 0. The van der Waals surface area contributed by atoms with Gasteiger partial charge in [-0.25, -0.2) is 0 Å². The van der Waals surface area contributed by atoms with Gasteiger partial charge >= 0.3 is 0 Å². The first-order chi connectivity index (χ1) is 13.0. The number of amides is 1. The molecule has 0 unspecified atom stereocenters. The molecule has 4 nitrogen and oxygen atoms in total. The topological polar surface area (TPSA) is 46.6 Å². The van der Waals surface area contributed by atoms with Crippen molar-refractivity contribution in [1.82, 2.24) is 4.90 Å². The Morgan fingerprint density at radius 2 is 1.48 bits per heavy atom. The summed E-state index contributed by atoms with van der Waals surface area (Å²) in [5, 5.41) is 1.26. The normalized spacial score (nSPS) is 10.5. The van der Waals surface area contributed by atoms with Crippen molar-refractivity contribution in [3.8, 4) is 5.75 Å². The Morgan fingerprint density at radius 3 is 2.11 bits per heavy atom. The summed E-state index contributed by atoms with van der Waals surface area (Å²) < 4.78 is 5.62. The Bertz CT molecular complexity index is 745. The summed E-state index contributed by atoms with van der Waals surface area (Å²) in [6, 6.07) is 13.9. The first kappa shape index (κ1) is 21.3. The van der Waals surface area contributed by atoms with E-state index in [2.05, 4.69) is 0 Å². The highest BCUT2D eigenvalue weighted by Gasteiger charge is 2.12. The number of carbonyl (C=O) groups is 2. The van der Waals surface area contributed by atoms with Gasteiger partial charge in [0.25, 0.3) is 0 Å². The molecule has 144 valence electrons. The minimum absolute atomic E-state index is 0.0315. The summed E-state index contributed by atoms with van der Waals surface area (Å²) in [6.07, 6.45) is 2.08. The van der Waals surface area contributed by atoms with Crippen LogP contribution in [-0.2, 0) is 4.79 Å². The largest absolute Gasteiger partial charge is 0.494 e. The molecule has 1 amide bonds. The van der Waals surface area contributed by atoms with Crippen molar-refractivity contribution in [2.24, 2.45) is 0 Å². The van der Waals surface area contributed by atoms with Gasteiger partial charge in [0.1, 0.15) is 5.75 Å². The second-order valence-corrected chi connectivity index (χ2v) is 7.13. The van der Waals surface area contributed by atoms with Crippen LogP contribution in [-0.4, -0.2) is 36.8 Å². The number of halogens is 2. The van der Waals surface area contributed by atoms with Crippen molar-refractivity contribution in [2.45, 2.75) is 25.7 Å². The van der Waals surface area contributed by atoms with Crippen molar-refractivity contribution in [3.05, 3.63) is 64.1 Å². The third-order valence-corrected chi connectivity index (χ3v) is 4.63. The summed E-state index contributed by atoms with van der Waals surface area (Å²) in [5.41, 5.74) is 0.578. The van der Waals surface area contributed by atoms with Gasteiger partial charge in [-0.15, -0.1) is 0 Å². The highest BCUT2D eigenvalue weighted by atomic mass is 35.5. The van der Waals surface area contributed by atoms with E-state index in [1.54, 1.807) is 48.3 Å². The molecule has 0 saturated carbocycles. The lowest BCUT2D eigenvalue weighted by Gasteiger charge is -2.17. The summed E-state index contributed by atoms with van der Waals surface area (Å²) in [7, 11) is 1.76. The van der Waals surface area contributed by atoms with Crippen LogP contribution in [0.25, 0.3) is 0 Å². The third kappa shape index (κ3) is 7.61. The minimum Gasteiger partial charge on any atom is -0.494 e. The molecule has 0 atom stereocenters. The van der Waals surface area contributed by atoms with Crippen LogP contribution in [0, 0.1) is 0 Å². The number of Topliss-reactive ketones (excluding diaryl/α,β-unsaturated/α-hetero) is 1. The number of nitrogens with zero attached hydrogens (tertiary/aromatic N) is 1. The monoisotopic (exact) mass is 407 g/mol. The molecular weight excluding hydrogens is 385 g/mol. The zero-order valence-electron chi connectivity index (χ0n) is 15.3. The molecule has 27 heavy (non-hydrogen) atoms. The first-order valence-corrected chi connectivity index (χ1v) is 9.62. The maximum Gasteiger partial charge on any atom is 0.222 e. The molecule has 0 saturated heterocycles. The Morgan fingerprint density at radius 1 is 0.889 bits per heavy atom. The van der Waals surface area contributed by atoms with E-state index in [0.29, 0.717) is 28.8 Å². The lowest BCUT2D eigenvalue weighted by atomic mass is 10.1. The highest BCUT2D eigenvalue weighted by molar-refractivity contribution is 6.30. The van der Waals surface area contributed by atoms with Gasteiger partial charge in [0, 0.05) is 42.0 Å². The number of unbranched alkanes of at least 4 members (excludes halogenated alkanes) is 1. The predicted octanol–water partition coefficient (Wildman–Crippen LogP) is 5.27. The molecule has 0 heterocycles. The fourth-order valence-corrected chi connectivity index (χ4v) is 2.74. The number of ether oxygens (including phenoxy) is 1. The summed E-state index contributed by atoms with van der Waals surface area (Å²) in [4.78, 5) is 25.9. The van der Waals surface area contributed by atoms with Crippen LogP contribution in [0.1, 0.15) is 36.0 Å². The van der Waals surface area contributed by atoms with E-state index >= 15 is 0 Å². The molecule has 2 aromatic carbocycles. The maximum absolute atomic E-state index is 12.2. The summed E-state index contributed by atoms with van der Waals surface area (Å²) in [5.74, 6) is 0.699. The lowest BCUT2D eigenvalue weighted by molar-refractivity contribution is -0.129. The number of benzene rings is 2. The SMILES string of the molecule is CN(CCCCOc1ccc(Cl)cc1)C(=O)CCC(=O)c1ccc(Cl)cc1. The molecule has 6 heteroatoms. The van der Waals surface area contributed by atoms with E-state index in [9.17, 15) is 9.59 Å². The number of ketones is 1. The van der Waals surface area contributed by atoms with Crippen LogP contribution in [0.3, 0.4) is 0 Å². The lowest BCUT2D eigenvalue weighted by Crippen LogP contribution is -2.28. The van der Waals surface area contributed by atoms with Gasteiger partial charge in [0.15, 0.2) is 5.78 Å². The van der Waals surface area contributed by atoms with E-state index in [-0.39, 0.29) is 24.5 Å². The maximum atomic E-state index is 12.2. The van der Waals surface area contributed by atoms with Crippen LogP contribution in [0.4, 0.5) is 0 Å². The van der Waals surface area contributed by atoms with E-state index in [1.807, 2.05) is 12.1 Å². The third-order valence-electron chi connectivity index (χ3n) is 4.13. The number of carbonyl (C=O) groups excluding carboxylic acids is 2. The van der Waals surface area contributed by atoms with Gasteiger partial charge in [-0.05, 0) is 61.4 Å². The van der Waals surface area contributed by atoms with Gasteiger partial charge in [-0.2, -0.15) is 0 Å². The summed E-state index contributed by atoms with van der Waals surface area (Å²) >= 11 is 11.6. The second-order valence-electron chi connectivity index (χ2n) is 6.25. The quantitative estimate of drug-likeness (QED) is 0.397. The second kappa shape index (κ2) is 11.0. The average molecular weight is 408 g/mol. The molecule has 0 radical (unpaired) electrons. The smallest absolute Gasteiger partial charge is 0.222 e. The standard InChI is InChI=1S/C21H23Cl2NO3/c1-24(14-2-3-15-27-19-10-8-18(23)9-11-19)21(26)13-12-20(25)16-4-6-17(22)7-5-16/h4-11H,2-3,12-15H2,1H3. The first-order valence-electron chi connectivity index (χ1n) is 8.87. The molecule has 0 spiro atoms. The Kier molecular flexibility index (Phi) is 8.62. The van der Waals surface area contributed by atoms with Gasteiger partial charge in [-0.1, -0.05) is 23.2 Å². The van der Waals surface area contributed by atoms with Crippen molar-refractivity contribution >= 4 is 34.9 Å². The number of hydrogen-bond acceptors (Lipinski definition) is 3. The minimum atomic E-state index is -0.0511. The molecule has 0 aliphatic rings. The van der Waals surface area contributed by atoms with Crippen molar-refractivity contribution < 1.29 is 14.3 Å². The zero-order valence-corrected chi connectivity index (χ0v) is 16.8. The van der Waals surface area contributed by atoms with Gasteiger partial charge < -0.3 is 9.64 Å². The van der Waals surface area contributed by atoms with E-state index in [1.165, 1.54) is 0 Å². The van der Waals surface area contributed by atoms with Crippen LogP contribution < -0.4 is 4.74 Å². The van der Waals surface area contributed by atoms with Crippen LogP contribution in [0.15, 0.2) is 48.5 Å². The molecule has 2 rings (SSSR count). The number of rotatable bonds is 10. The summed E-state index contributed by atoms with van der Waals surface area (Å²) in [6.45, 7) is 1.22. The fraction of sp³-hybridized carbons (Fsp3) is 0.333. The Hall–Kier alpha value is -2.04. The van der Waals surface area contributed by atoms with E-state index in [0.717, 1.165) is 18.6 Å².